The van der Waals surface area contributed by atoms with Gasteiger partial charge in [-0.3, -0.25) is 4.79 Å². The third kappa shape index (κ3) is 3.94. The molecule has 1 N–H and O–H groups in total. The topological polar surface area (TPSA) is 76.0 Å². The summed E-state index contributed by atoms with van der Waals surface area (Å²) in [6.07, 6.45) is 8.55. The van der Waals surface area contributed by atoms with Gasteiger partial charge in [0.1, 0.15) is 17.1 Å². The lowest BCUT2D eigenvalue weighted by Gasteiger charge is -2.26. The predicted molar refractivity (Wildman–Crippen MR) is 140 cm³/mol. The van der Waals surface area contributed by atoms with Crippen LogP contribution in [0.4, 0.5) is 0 Å². The van der Waals surface area contributed by atoms with E-state index in [4.69, 9.17) is 9.84 Å². The van der Waals surface area contributed by atoms with E-state index in [2.05, 4.69) is 22.1 Å². The maximum atomic E-state index is 13.8. The highest BCUT2D eigenvalue weighted by molar-refractivity contribution is 6.00. The number of methoxy groups -OCH3 is 1. The molecule has 4 heterocycles. The zero-order valence-electron chi connectivity index (χ0n) is 19.9. The fraction of sp³-hybridized carbons (Fsp3) is 0.138. The number of carbonyl (C=O) groups excluding carboxylic acids is 1. The van der Waals surface area contributed by atoms with Crippen molar-refractivity contribution in [2.24, 2.45) is 0 Å². The molecular formula is C29H25N5O2. The van der Waals surface area contributed by atoms with Crippen LogP contribution in [0.25, 0.3) is 33.6 Å². The van der Waals surface area contributed by atoms with E-state index in [-0.39, 0.29) is 5.91 Å². The van der Waals surface area contributed by atoms with Gasteiger partial charge < -0.3 is 14.6 Å². The summed E-state index contributed by atoms with van der Waals surface area (Å²) in [5.74, 6) is 0.731. The summed E-state index contributed by atoms with van der Waals surface area (Å²) >= 11 is 0. The smallest absolute Gasteiger partial charge is 0.258 e. The first-order valence-electron chi connectivity index (χ1n) is 11.9. The van der Waals surface area contributed by atoms with Crippen LogP contribution in [0.2, 0.25) is 0 Å². The van der Waals surface area contributed by atoms with Crippen molar-refractivity contribution in [2.45, 2.75) is 6.42 Å². The molecule has 0 atom stereocenters. The zero-order chi connectivity index (χ0) is 24.5. The van der Waals surface area contributed by atoms with Crippen LogP contribution in [0.1, 0.15) is 22.3 Å². The average molecular weight is 476 g/mol. The summed E-state index contributed by atoms with van der Waals surface area (Å²) in [6, 6.07) is 21.5. The first kappa shape index (κ1) is 21.9. The van der Waals surface area contributed by atoms with E-state index in [1.54, 1.807) is 18.0 Å². The van der Waals surface area contributed by atoms with Gasteiger partial charge in [0.25, 0.3) is 5.91 Å². The van der Waals surface area contributed by atoms with Crippen LogP contribution < -0.4 is 4.74 Å². The van der Waals surface area contributed by atoms with Gasteiger partial charge in [-0.2, -0.15) is 5.10 Å². The lowest BCUT2D eigenvalue weighted by molar-refractivity contribution is 0.0773. The molecule has 0 saturated carbocycles. The minimum absolute atomic E-state index is 0.0288. The Balaban J connectivity index is 1.32. The highest BCUT2D eigenvalue weighted by Crippen LogP contribution is 2.31. The Labute approximate surface area is 208 Å². The van der Waals surface area contributed by atoms with E-state index in [0.29, 0.717) is 24.3 Å². The maximum Gasteiger partial charge on any atom is 0.258 e. The SMILES string of the molecule is COc1ccc(-c2nn(-c3ccccc3)cc2C(=O)N2CC=C(c3c[nH]c4ncccc34)CC2)cc1. The van der Waals surface area contributed by atoms with Crippen LogP contribution in [0, 0.1) is 0 Å². The maximum absolute atomic E-state index is 13.8. The highest BCUT2D eigenvalue weighted by atomic mass is 16.5. The first-order valence-corrected chi connectivity index (χ1v) is 11.9. The Bertz CT molecular complexity index is 1560. The summed E-state index contributed by atoms with van der Waals surface area (Å²) in [6.45, 7) is 1.18. The van der Waals surface area contributed by atoms with Crippen LogP contribution in [0.15, 0.2) is 91.4 Å². The normalized spacial score (nSPS) is 13.6. The molecule has 1 aliphatic rings. The molecule has 7 heteroatoms. The summed E-state index contributed by atoms with van der Waals surface area (Å²) in [5, 5.41) is 5.92. The van der Waals surface area contributed by atoms with E-state index in [1.807, 2.05) is 78.0 Å². The molecular weight excluding hydrogens is 450 g/mol. The summed E-state index contributed by atoms with van der Waals surface area (Å²) in [7, 11) is 1.64. The van der Waals surface area contributed by atoms with Crippen LogP contribution in [0.5, 0.6) is 5.75 Å². The Morgan fingerprint density at radius 3 is 2.61 bits per heavy atom. The van der Waals surface area contributed by atoms with Crippen molar-refractivity contribution in [3.63, 3.8) is 0 Å². The average Bonchev–Trinajstić information content (AvgIpc) is 3.59. The van der Waals surface area contributed by atoms with E-state index in [9.17, 15) is 4.79 Å². The Hall–Kier alpha value is -4.65. The Kier molecular flexibility index (Phi) is 5.58. The highest BCUT2D eigenvalue weighted by Gasteiger charge is 2.25. The largest absolute Gasteiger partial charge is 0.497 e. The van der Waals surface area contributed by atoms with Crippen LogP contribution in [0.3, 0.4) is 0 Å². The molecule has 178 valence electrons. The molecule has 0 unspecified atom stereocenters. The number of aromatic nitrogens is 4. The van der Waals surface area contributed by atoms with Crippen molar-refractivity contribution in [3.8, 4) is 22.7 Å². The number of pyridine rings is 1. The second-order valence-corrected chi connectivity index (χ2v) is 8.73. The van der Waals surface area contributed by atoms with Crippen molar-refractivity contribution in [1.29, 1.82) is 0 Å². The molecule has 0 bridgehead atoms. The predicted octanol–water partition coefficient (Wildman–Crippen LogP) is 5.35. The molecule has 0 spiro atoms. The number of nitrogens with zero attached hydrogens (tertiary/aromatic N) is 4. The number of H-pyrrole nitrogens is 1. The lowest BCUT2D eigenvalue weighted by Crippen LogP contribution is -2.34. The minimum Gasteiger partial charge on any atom is -0.497 e. The minimum atomic E-state index is -0.0288. The summed E-state index contributed by atoms with van der Waals surface area (Å²) < 4.78 is 7.08. The van der Waals surface area contributed by atoms with Crippen LogP contribution in [-0.2, 0) is 0 Å². The number of rotatable bonds is 5. The number of hydrogen-bond acceptors (Lipinski definition) is 4. The van der Waals surface area contributed by atoms with Gasteiger partial charge in [-0.25, -0.2) is 9.67 Å². The van der Waals surface area contributed by atoms with Gasteiger partial charge in [0.2, 0.25) is 0 Å². The summed E-state index contributed by atoms with van der Waals surface area (Å²) in [5.41, 5.74) is 6.27. The molecule has 5 aromatic rings. The molecule has 1 aliphatic heterocycles. The second kappa shape index (κ2) is 9.19. The van der Waals surface area contributed by atoms with E-state index in [1.165, 1.54) is 5.57 Å². The third-order valence-corrected chi connectivity index (χ3v) is 6.62. The van der Waals surface area contributed by atoms with Gasteiger partial charge in [-0.1, -0.05) is 24.3 Å². The van der Waals surface area contributed by atoms with E-state index < -0.39 is 0 Å². The number of hydrogen-bond donors (Lipinski definition) is 1. The molecule has 3 aromatic heterocycles. The standard InChI is InChI=1S/C29H25N5O2/c1-36-23-11-9-21(10-12-23)27-26(19-34(32-27)22-6-3-2-4-7-22)29(35)33-16-13-20(14-17-33)25-18-31-28-24(25)8-5-15-30-28/h2-13,15,18-19H,14,16-17H2,1H3,(H,30,31). The quantitative estimate of drug-likeness (QED) is 0.372. The molecule has 6 rings (SSSR count). The fourth-order valence-electron chi connectivity index (χ4n) is 4.70. The Morgan fingerprint density at radius 1 is 1.03 bits per heavy atom. The van der Waals surface area contributed by atoms with Gasteiger partial charge in [-0.05, 0) is 60.5 Å². The van der Waals surface area contributed by atoms with Crippen molar-refractivity contribution >= 4 is 22.5 Å². The molecule has 0 radical (unpaired) electrons. The number of aromatic amines is 1. The number of benzene rings is 2. The van der Waals surface area contributed by atoms with Crippen LogP contribution in [-0.4, -0.2) is 50.8 Å². The monoisotopic (exact) mass is 475 g/mol. The number of carbonyl (C=O) groups is 1. The van der Waals surface area contributed by atoms with Crippen molar-refractivity contribution in [2.75, 3.05) is 20.2 Å². The molecule has 1 amide bonds. The fourth-order valence-corrected chi connectivity index (χ4v) is 4.70. The Morgan fingerprint density at radius 2 is 1.86 bits per heavy atom. The molecule has 7 nitrogen and oxygen atoms in total. The number of ether oxygens (including phenoxy) is 1. The van der Waals surface area contributed by atoms with Gasteiger partial charge in [0.05, 0.1) is 18.4 Å². The van der Waals surface area contributed by atoms with Gasteiger partial charge in [0.15, 0.2) is 0 Å². The van der Waals surface area contributed by atoms with E-state index in [0.717, 1.165) is 40.0 Å². The van der Waals surface area contributed by atoms with Gasteiger partial charge in [0, 0.05) is 48.2 Å². The molecule has 0 aliphatic carbocycles. The van der Waals surface area contributed by atoms with E-state index >= 15 is 0 Å². The van der Waals surface area contributed by atoms with Crippen molar-refractivity contribution < 1.29 is 9.53 Å². The van der Waals surface area contributed by atoms with Crippen molar-refractivity contribution in [3.05, 3.63) is 103 Å². The first-order chi connectivity index (χ1) is 17.7. The zero-order valence-corrected chi connectivity index (χ0v) is 19.9. The van der Waals surface area contributed by atoms with Gasteiger partial charge >= 0.3 is 0 Å². The number of amides is 1. The summed E-state index contributed by atoms with van der Waals surface area (Å²) in [4.78, 5) is 23.3. The molecule has 0 fully saturated rings. The number of para-hydroxylation sites is 1. The third-order valence-electron chi connectivity index (χ3n) is 6.62. The second-order valence-electron chi connectivity index (χ2n) is 8.73. The van der Waals surface area contributed by atoms with Gasteiger partial charge in [-0.15, -0.1) is 0 Å². The number of nitrogens with one attached hydrogen (secondary N) is 1. The van der Waals surface area contributed by atoms with Crippen LogP contribution >= 0.6 is 0 Å². The molecule has 0 saturated heterocycles. The van der Waals surface area contributed by atoms with Crippen molar-refractivity contribution in [1.82, 2.24) is 24.6 Å². The lowest BCUT2D eigenvalue weighted by atomic mass is 9.99. The number of fused-ring (bicyclic) bond motifs is 1. The molecule has 2 aromatic carbocycles. The molecule has 36 heavy (non-hydrogen) atoms.